The Morgan fingerprint density at radius 2 is 1.92 bits per heavy atom. The van der Waals surface area contributed by atoms with Gasteiger partial charge in [0.25, 0.3) is 0 Å². The molecule has 1 fully saturated rings. The van der Waals surface area contributed by atoms with E-state index in [0.29, 0.717) is 34.6 Å². The Hall–Kier alpha value is -2.01. The monoisotopic (exact) mass is 546 g/mol. The zero-order chi connectivity index (χ0) is 25.4. The van der Waals surface area contributed by atoms with Crippen LogP contribution in [0.25, 0.3) is 0 Å². The van der Waals surface area contributed by atoms with Gasteiger partial charge in [-0.3, -0.25) is 9.09 Å². The maximum atomic E-state index is 13.3. The van der Waals surface area contributed by atoms with Crippen molar-refractivity contribution in [3.63, 3.8) is 0 Å². The average Bonchev–Trinajstić information content (AvgIpc) is 3.28. The number of halogens is 2. The molecule has 1 aliphatic heterocycles. The zero-order valence-electron chi connectivity index (χ0n) is 20.2. The number of ether oxygens (including phenoxy) is 1. The van der Waals surface area contributed by atoms with Crippen molar-refractivity contribution in [3.8, 4) is 11.5 Å². The molecule has 3 atom stereocenters. The molecule has 1 N–H and O–H groups in total. The van der Waals surface area contributed by atoms with E-state index in [9.17, 15) is 9.67 Å². The van der Waals surface area contributed by atoms with E-state index in [-0.39, 0.29) is 24.3 Å². The van der Waals surface area contributed by atoms with Crippen molar-refractivity contribution >= 4 is 30.8 Å². The van der Waals surface area contributed by atoms with Crippen LogP contribution in [0.5, 0.6) is 11.5 Å². The molecule has 0 spiro atoms. The molecular weight excluding hydrogens is 518 g/mol. The highest BCUT2D eigenvalue weighted by atomic mass is 35.5. The van der Waals surface area contributed by atoms with Crippen molar-refractivity contribution in [3.05, 3.63) is 92.5 Å². The highest BCUT2D eigenvalue weighted by Crippen LogP contribution is 2.56. The number of hydrogen-bond donors (Lipinski definition) is 1. The summed E-state index contributed by atoms with van der Waals surface area (Å²) in [6.07, 6.45) is 1.81. The van der Waals surface area contributed by atoms with Gasteiger partial charge in [-0.2, -0.15) is 0 Å². The van der Waals surface area contributed by atoms with Crippen molar-refractivity contribution in [2.75, 3.05) is 13.0 Å². The lowest BCUT2D eigenvalue weighted by Crippen LogP contribution is -2.17. The summed E-state index contributed by atoms with van der Waals surface area (Å²) in [6, 6.07) is 16.9. The van der Waals surface area contributed by atoms with Gasteiger partial charge in [0.15, 0.2) is 6.35 Å². The van der Waals surface area contributed by atoms with E-state index in [1.165, 1.54) is 0 Å². The van der Waals surface area contributed by atoms with Crippen molar-refractivity contribution < 1.29 is 23.5 Å². The summed E-state index contributed by atoms with van der Waals surface area (Å²) in [6.45, 7) is 4.45. The lowest BCUT2D eigenvalue weighted by atomic mass is 9.89. The summed E-state index contributed by atoms with van der Waals surface area (Å²) in [5, 5.41) is 11.4. The Morgan fingerprint density at radius 1 is 1.08 bits per heavy atom. The van der Waals surface area contributed by atoms with Gasteiger partial charge in [-0.15, -0.1) is 0 Å². The molecule has 1 saturated heterocycles. The molecule has 5 rings (SSSR count). The molecule has 0 saturated carbocycles. The van der Waals surface area contributed by atoms with Gasteiger partial charge < -0.3 is 14.4 Å². The predicted octanol–water partition coefficient (Wildman–Crippen LogP) is 8.61. The molecule has 3 aromatic carbocycles. The molecule has 36 heavy (non-hydrogen) atoms. The zero-order valence-corrected chi connectivity index (χ0v) is 22.7. The first-order chi connectivity index (χ1) is 17.2. The fraction of sp³-hybridized carbons (Fsp3) is 0.357. The Labute approximate surface area is 221 Å². The van der Waals surface area contributed by atoms with E-state index in [1.807, 2.05) is 30.3 Å². The quantitative estimate of drug-likeness (QED) is 0.313. The van der Waals surface area contributed by atoms with Crippen LogP contribution in [-0.2, 0) is 20.0 Å². The lowest BCUT2D eigenvalue weighted by Gasteiger charge is -2.30. The molecule has 8 heteroatoms. The molecule has 2 aliphatic rings. The minimum absolute atomic E-state index is 0.154. The van der Waals surface area contributed by atoms with Crippen LogP contribution >= 0.6 is 30.8 Å². The summed E-state index contributed by atoms with van der Waals surface area (Å²) in [7, 11) is -3.46. The van der Waals surface area contributed by atoms with Gasteiger partial charge in [0.05, 0.1) is 12.7 Å². The van der Waals surface area contributed by atoms with Crippen molar-refractivity contribution in [1.29, 1.82) is 0 Å². The number of phenols is 1. The van der Waals surface area contributed by atoms with E-state index >= 15 is 0 Å². The molecule has 0 radical (unpaired) electrons. The van der Waals surface area contributed by atoms with E-state index in [4.69, 9.17) is 37.0 Å². The first kappa shape index (κ1) is 25.6. The van der Waals surface area contributed by atoms with Gasteiger partial charge in [0.2, 0.25) is 0 Å². The summed E-state index contributed by atoms with van der Waals surface area (Å²) >= 11 is 12.9. The Kier molecular flexibility index (Phi) is 7.40. The molecule has 3 aromatic rings. The lowest BCUT2D eigenvalue weighted by molar-refractivity contribution is 0.0725. The second-order valence-electron chi connectivity index (χ2n) is 9.70. The topological polar surface area (TPSA) is 65.0 Å². The van der Waals surface area contributed by atoms with Crippen LogP contribution < -0.4 is 4.74 Å². The fourth-order valence-corrected chi connectivity index (χ4v) is 7.15. The third kappa shape index (κ3) is 5.32. The summed E-state index contributed by atoms with van der Waals surface area (Å²) in [5.41, 5.74) is 5.15. The predicted molar refractivity (Wildman–Crippen MR) is 143 cm³/mol. The van der Waals surface area contributed by atoms with Crippen LogP contribution in [0.15, 0.2) is 54.6 Å². The maximum Gasteiger partial charge on any atom is 0.368 e. The molecule has 190 valence electrons. The largest absolute Gasteiger partial charge is 0.508 e. The first-order valence-corrected chi connectivity index (χ1v) is 14.7. The number of hydrogen-bond acceptors (Lipinski definition) is 5. The number of phenolic OH excluding ortho intramolecular Hbond substituents is 1. The van der Waals surface area contributed by atoms with E-state index in [1.54, 1.807) is 18.2 Å². The third-order valence-corrected chi connectivity index (χ3v) is 9.03. The van der Waals surface area contributed by atoms with E-state index < -0.39 is 7.60 Å². The van der Waals surface area contributed by atoms with Crippen LogP contribution in [-0.4, -0.2) is 18.1 Å². The van der Waals surface area contributed by atoms with Crippen molar-refractivity contribution in [1.82, 2.24) is 0 Å². The normalized spacial score (nSPS) is 23.6. The highest BCUT2D eigenvalue weighted by Gasteiger charge is 2.36. The summed E-state index contributed by atoms with van der Waals surface area (Å²) in [5.74, 6) is 1.24. The molecule has 0 amide bonds. The number of aromatic hydroxyl groups is 1. The van der Waals surface area contributed by atoms with Gasteiger partial charge >= 0.3 is 7.60 Å². The number of aryl methyl sites for hydroxylation is 1. The van der Waals surface area contributed by atoms with Gasteiger partial charge in [0.1, 0.15) is 11.5 Å². The Morgan fingerprint density at radius 3 is 2.69 bits per heavy atom. The molecule has 1 aliphatic carbocycles. The number of benzene rings is 3. The fourth-order valence-electron chi connectivity index (χ4n) is 5.09. The van der Waals surface area contributed by atoms with Crippen molar-refractivity contribution in [2.24, 2.45) is 0 Å². The molecule has 0 aromatic heterocycles. The standard InChI is InChI=1S/C28H29Cl2O5P/c1-17(2)24-14-18(7-9-26(24)31)23-8-6-20-13-22(15-25(30)28(20)23)33-16-36(32)34-11-10-27(35-36)19-4-3-5-21(29)12-19/h3-5,7,9,12-15,17,23,27,31H,6,8,10-11,16H2,1-2H3/t23?,27-,36-/m0/s1. The van der Waals surface area contributed by atoms with E-state index in [2.05, 4.69) is 19.9 Å². The van der Waals surface area contributed by atoms with Crippen molar-refractivity contribution in [2.45, 2.75) is 51.0 Å². The maximum absolute atomic E-state index is 13.3. The minimum Gasteiger partial charge on any atom is -0.508 e. The Balaban J connectivity index is 1.31. The minimum atomic E-state index is -3.46. The molecule has 5 nitrogen and oxygen atoms in total. The SMILES string of the molecule is CC(C)c1cc(C2CCc3cc(OC[P@]4(=O)OCC[C@@H](c5cccc(Cl)c5)O4)cc(Cl)c32)ccc1O. The van der Waals surface area contributed by atoms with Crippen LogP contribution in [0.1, 0.15) is 72.4 Å². The van der Waals surface area contributed by atoms with Crippen LogP contribution in [0.3, 0.4) is 0 Å². The summed E-state index contributed by atoms with van der Waals surface area (Å²) < 4.78 is 30.6. The number of rotatable bonds is 6. The number of fused-ring (bicyclic) bond motifs is 1. The molecule has 0 bridgehead atoms. The van der Waals surface area contributed by atoms with Gasteiger partial charge in [-0.25, -0.2) is 0 Å². The second-order valence-corrected chi connectivity index (χ2v) is 12.5. The van der Waals surface area contributed by atoms with Crippen LogP contribution in [0.4, 0.5) is 0 Å². The van der Waals surface area contributed by atoms with Gasteiger partial charge in [-0.1, -0.05) is 61.3 Å². The Bertz CT molecular complexity index is 1330. The van der Waals surface area contributed by atoms with E-state index in [0.717, 1.165) is 40.7 Å². The molecule has 1 unspecified atom stereocenters. The average molecular weight is 547 g/mol. The summed E-state index contributed by atoms with van der Waals surface area (Å²) in [4.78, 5) is 0. The first-order valence-electron chi connectivity index (χ1n) is 12.2. The van der Waals surface area contributed by atoms with Crippen LogP contribution in [0.2, 0.25) is 10.0 Å². The van der Waals surface area contributed by atoms with Gasteiger partial charge in [-0.05, 0) is 76.9 Å². The van der Waals surface area contributed by atoms with Crippen LogP contribution in [0, 0.1) is 0 Å². The second kappa shape index (κ2) is 10.4. The van der Waals surface area contributed by atoms with Gasteiger partial charge in [0, 0.05) is 22.4 Å². The highest BCUT2D eigenvalue weighted by molar-refractivity contribution is 7.53. The molecular formula is C28H29Cl2O5P. The molecule has 1 heterocycles. The smallest absolute Gasteiger partial charge is 0.368 e. The third-order valence-electron chi connectivity index (χ3n) is 6.88.